The molecule has 0 atom stereocenters. The van der Waals surface area contributed by atoms with Crippen LogP contribution in [-0.2, 0) is 30.8 Å². The quantitative estimate of drug-likeness (QED) is 0.756. The predicted molar refractivity (Wildman–Crippen MR) is 92.1 cm³/mol. The molecule has 1 heterocycles. The number of nitrogens with zero attached hydrogens (tertiary/aromatic N) is 1. The first-order valence-electron chi connectivity index (χ1n) is 8.37. The van der Waals surface area contributed by atoms with Gasteiger partial charge in [-0.25, -0.2) is 13.6 Å². The Labute approximate surface area is 148 Å². The van der Waals surface area contributed by atoms with E-state index in [9.17, 15) is 18.0 Å². The molecule has 0 saturated carbocycles. The average Bonchev–Trinajstić information content (AvgIpc) is 2.59. The molecule has 1 saturated heterocycles. The third-order valence-electron chi connectivity index (χ3n) is 4.35. The maximum atomic E-state index is 12.3. The molecule has 2 rings (SSSR count). The monoisotopic (exact) mass is 368 g/mol. The van der Waals surface area contributed by atoms with Crippen molar-refractivity contribution in [3.8, 4) is 0 Å². The first kappa shape index (κ1) is 19.4. The van der Waals surface area contributed by atoms with E-state index < -0.39 is 10.0 Å². The van der Waals surface area contributed by atoms with Gasteiger partial charge >= 0.3 is 5.97 Å². The summed E-state index contributed by atoms with van der Waals surface area (Å²) >= 11 is 0. The Morgan fingerprint density at radius 2 is 1.80 bits per heavy atom. The minimum atomic E-state index is -3.70. The number of carbonyl (C=O) groups is 2. The highest BCUT2D eigenvalue weighted by atomic mass is 32.2. The van der Waals surface area contributed by atoms with Crippen LogP contribution in [0.5, 0.6) is 0 Å². The van der Waals surface area contributed by atoms with Gasteiger partial charge in [0.15, 0.2) is 0 Å². The van der Waals surface area contributed by atoms with Gasteiger partial charge in [-0.15, -0.1) is 0 Å². The second kappa shape index (κ2) is 8.44. The van der Waals surface area contributed by atoms with Crippen molar-refractivity contribution in [3.05, 3.63) is 29.8 Å². The Morgan fingerprint density at radius 1 is 1.20 bits per heavy atom. The Balaban J connectivity index is 1.80. The van der Waals surface area contributed by atoms with E-state index in [-0.39, 0.29) is 22.7 Å². The highest BCUT2D eigenvalue weighted by Gasteiger charge is 2.27. The smallest absolute Gasteiger partial charge is 0.309 e. The van der Waals surface area contributed by atoms with E-state index in [0.29, 0.717) is 45.4 Å². The van der Waals surface area contributed by atoms with Crippen LogP contribution in [-0.4, -0.2) is 44.9 Å². The van der Waals surface area contributed by atoms with Gasteiger partial charge in [0.2, 0.25) is 15.9 Å². The minimum absolute atomic E-state index is 0.0397. The fourth-order valence-corrected chi connectivity index (χ4v) is 3.40. The molecule has 0 aromatic heterocycles. The summed E-state index contributed by atoms with van der Waals surface area (Å²) in [5.41, 5.74) is 0.877. The molecule has 1 aromatic rings. The number of aryl methyl sites for hydroxylation is 1. The zero-order chi connectivity index (χ0) is 18.4. The van der Waals surface area contributed by atoms with E-state index in [4.69, 9.17) is 9.88 Å². The summed E-state index contributed by atoms with van der Waals surface area (Å²) in [6.45, 7) is 3.29. The van der Waals surface area contributed by atoms with Crippen molar-refractivity contribution in [3.63, 3.8) is 0 Å². The molecule has 0 bridgehead atoms. The summed E-state index contributed by atoms with van der Waals surface area (Å²) in [7, 11) is -3.70. The van der Waals surface area contributed by atoms with Crippen LogP contribution in [0, 0.1) is 5.92 Å². The molecule has 0 aliphatic carbocycles. The lowest BCUT2D eigenvalue weighted by atomic mass is 9.96. The summed E-state index contributed by atoms with van der Waals surface area (Å²) in [6, 6.07) is 6.22. The number of esters is 1. The Bertz CT molecular complexity index is 707. The number of carbonyl (C=O) groups excluding carboxylic acids is 2. The fourth-order valence-electron chi connectivity index (χ4n) is 2.88. The van der Waals surface area contributed by atoms with Crippen LogP contribution in [0.1, 0.15) is 31.7 Å². The highest BCUT2D eigenvalue weighted by Crippen LogP contribution is 2.20. The number of hydrogen-bond donors (Lipinski definition) is 1. The van der Waals surface area contributed by atoms with E-state index in [0.717, 1.165) is 5.56 Å². The molecular formula is C17H24N2O5S. The lowest BCUT2D eigenvalue weighted by Crippen LogP contribution is -2.40. The molecule has 0 unspecified atom stereocenters. The summed E-state index contributed by atoms with van der Waals surface area (Å²) in [5.74, 6) is -0.253. The Hall–Kier alpha value is -1.93. The number of nitrogens with two attached hydrogens (primary N) is 1. The zero-order valence-corrected chi connectivity index (χ0v) is 15.1. The first-order chi connectivity index (χ1) is 11.8. The second-order valence-corrected chi connectivity index (χ2v) is 7.66. The molecule has 2 N–H and O–H groups in total. The predicted octanol–water partition coefficient (Wildman–Crippen LogP) is 1.07. The average molecular weight is 368 g/mol. The molecule has 1 aromatic carbocycles. The van der Waals surface area contributed by atoms with Crippen molar-refractivity contribution in [2.75, 3.05) is 19.7 Å². The number of primary sulfonamides is 1. The summed E-state index contributed by atoms with van der Waals surface area (Å²) in [4.78, 5) is 25.8. The number of piperidine rings is 1. The lowest BCUT2D eigenvalue weighted by molar-refractivity contribution is -0.151. The molecule has 1 aliphatic heterocycles. The van der Waals surface area contributed by atoms with Crippen LogP contribution in [0.3, 0.4) is 0 Å². The molecule has 0 spiro atoms. The number of rotatable bonds is 6. The van der Waals surface area contributed by atoms with Crippen LogP contribution >= 0.6 is 0 Å². The topological polar surface area (TPSA) is 107 Å². The number of hydrogen-bond acceptors (Lipinski definition) is 5. The zero-order valence-electron chi connectivity index (χ0n) is 14.3. The van der Waals surface area contributed by atoms with E-state index >= 15 is 0 Å². The lowest BCUT2D eigenvalue weighted by Gasteiger charge is -2.31. The van der Waals surface area contributed by atoms with Crippen molar-refractivity contribution >= 4 is 21.9 Å². The summed E-state index contributed by atoms with van der Waals surface area (Å²) in [6.07, 6.45) is 2.14. The number of ether oxygens (including phenoxy) is 1. The maximum absolute atomic E-state index is 12.3. The van der Waals surface area contributed by atoms with Gasteiger partial charge in [0.05, 0.1) is 17.4 Å². The molecule has 1 aliphatic rings. The van der Waals surface area contributed by atoms with Crippen molar-refractivity contribution in [2.24, 2.45) is 11.1 Å². The SMILES string of the molecule is CCOC(=O)C1CCN(C(=O)CCc2ccc(S(N)(=O)=O)cc2)CC1. The van der Waals surface area contributed by atoms with Crippen LogP contribution < -0.4 is 5.14 Å². The largest absolute Gasteiger partial charge is 0.466 e. The molecule has 7 nitrogen and oxygen atoms in total. The normalized spacial score (nSPS) is 15.8. The van der Waals surface area contributed by atoms with Crippen molar-refractivity contribution in [2.45, 2.75) is 37.5 Å². The molecule has 25 heavy (non-hydrogen) atoms. The molecule has 8 heteroatoms. The molecule has 1 amide bonds. The number of sulfonamides is 1. The Kier molecular flexibility index (Phi) is 6.55. The van der Waals surface area contributed by atoms with Gasteiger partial charge in [0.25, 0.3) is 0 Å². The maximum Gasteiger partial charge on any atom is 0.309 e. The molecule has 138 valence electrons. The van der Waals surface area contributed by atoms with Crippen LogP contribution in [0.15, 0.2) is 29.2 Å². The molecule has 1 fully saturated rings. The Morgan fingerprint density at radius 3 is 2.32 bits per heavy atom. The van der Waals surface area contributed by atoms with Gasteiger partial charge in [-0.05, 0) is 43.9 Å². The number of amides is 1. The van der Waals surface area contributed by atoms with E-state index in [1.54, 1.807) is 24.0 Å². The van der Waals surface area contributed by atoms with Crippen LogP contribution in [0.2, 0.25) is 0 Å². The fraction of sp³-hybridized carbons (Fsp3) is 0.529. The van der Waals surface area contributed by atoms with E-state index in [1.807, 2.05) is 0 Å². The van der Waals surface area contributed by atoms with E-state index in [1.165, 1.54) is 12.1 Å². The second-order valence-electron chi connectivity index (χ2n) is 6.10. The standard InChI is InChI=1S/C17H24N2O5S/c1-2-24-17(21)14-9-11-19(12-10-14)16(20)8-5-13-3-6-15(7-4-13)25(18,22)23/h3-4,6-7,14H,2,5,8-12H2,1H3,(H2,18,22,23). The van der Waals surface area contributed by atoms with Gasteiger partial charge in [0.1, 0.15) is 0 Å². The third-order valence-corrected chi connectivity index (χ3v) is 5.28. The van der Waals surface area contributed by atoms with Gasteiger partial charge < -0.3 is 9.64 Å². The van der Waals surface area contributed by atoms with Gasteiger partial charge in [-0.3, -0.25) is 9.59 Å². The third kappa shape index (κ3) is 5.54. The highest BCUT2D eigenvalue weighted by molar-refractivity contribution is 7.89. The van der Waals surface area contributed by atoms with Gasteiger partial charge in [-0.1, -0.05) is 12.1 Å². The number of likely N-dealkylation sites (tertiary alicyclic amines) is 1. The molecular weight excluding hydrogens is 344 g/mol. The summed E-state index contributed by atoms with van der Waals surface area (Å²) in [5, 5.41) is 5.06. The molecule has 0 radical (unpaired) electrons. The van der Waals surface area contributed by atoms with Gasteiger partial charge in [-0.2, -0.15) is 0 Å². The van der Waals surface area contributed by atoms with Crippen LogP contribution in [0.4, 0.5) is 0 Å². The van der Waals surface area contributed by atoms with Crippen LogP contribution in [0.25, 0.3) is 0 Å². The summed E-state index contributed by atoms with van der Waals surface area (Å²) < 4.78 is 27.5. The minimum Gasteiger partial charge on any atom is -0.466 e. The van der Waals surface area contributed by atoms with Crippen molar-refractivity contribution < 1.29 is 22.7 Å². The first-order valence-corrected chi connectivity index (χ1v) is 9.92. The van der Waals surface area contributed by atoms with Crippen molar-refractivity contribution in [1.29, 1.82) is 0 Å². The number of benzene rings is 1. The van der Waals surface area contributed by atoms with Crippen molar-refractivity contribution in [1.82, 2.24) is 4.90 Å². The van der Waals surface area contributed by atoms with E-state index in [2.05, 4.69) is 0 Å². The van der Waals surface area contributed by atoms with Gasteiger partial charge in [0, 0.05) is 19.5 Å².